The van der Waals surface area contributed by atoms with Gasteiger partial charge < -0.3 is 5.73 Å². The summed E-state index contributed by atoms with van der Waals surface area (Å²) < 4.78 is 0.581. The number of hydrogen-bond acceptors (Lipinski definition) is 4. The standard InChI is InChI=1S/C12H16BrN3O2/c13-12-9(3-1-5-11(12)16(17)18)8-15-6-2-4-10(15)7-14/h1,3,5,10H,2,4,6-8,14H2. The molecule has 0 bridgehead atoms. The summed E-state index contributed by atoms with van der Waals surface area (Å²) >= 11 is 3.33. The molecule has 1 unspecified atom stereocenters. The van der Waals surface area contributed by atoms with E-state index in [2.05, 4.69) is 20.8 Å². The second kappa shape index (κ2) is 5.77. The maximum absolute atomic E-state index is 10.9. The van der Waals surface area contributed by atoms with Gasteiger partial charge in [0.25, 0.3) is 5.69 Å². The number of benzene rings is 1. The van der Waals surface area contributed by atoms with Crippen LogP contribution in [-0.2, 0) is 6.54 Å². The molecule has 6 heteroatoms. The number of nitrogens with two attached hydrogens (primary N) is 1. The lowest BCUT2D eigenvalue weighted by molar-refractivity contribution is -0.385. The van der Waals surface area contributed by atoms with Crippen molar-refractivity contribution >= 4 is 21.6 Å². The van der Waals surface area contributed by atoms with Crippen LogP contribution in [0.5, 0.6) is 0 Å². The van der Waals surface area contributed by atoms with Crippen molar-refractivity contribution in [3.8, 4) is 0 Å². The first-order valence-electron chi connectivity index (χ1n) is 5.99. The molecule has 1 atom stereocenters. The van der Waals surface area contributed by atoms with Crippen molar-refractivity contribution < 1.29 is 4.92 Å². The van der Waals surface area contributed by atoms with Gasteiger partial charge in [0.05, 0.1) is 9.40 Å². The molecule has 1 fully saturated rings. The molecule has 2 rings (SSSR count). The van der Waals surface area contributed by atoms with Gasteiger partial charge in [-0.1, -0.05) is 12.1 Å². The Labute approximate surface area is 114 Å². The molecule has 1 heterocycles. The van der Waals surface area contributed by atoms with Crippen LogP contribution in [0.15, 0.2) is 22.7 Å². The number of likely N-dealkylation sites (tertiary alicyclic amines) is 1. The molecule has 5 nitrogen and oxygen atoms in total. The quantitative estimate of drug-likeness (QED) is 0.683. The molecule has 1 saturated heterocycles. The van der Waals surface area contributed by atoms with Gasteiger partial charge in [-0.05, 0) is 40.9 Å². The van der Waals surface area contributed by atoms with Gasteiger partial charge in [0.15, 0.2) is 0 Å². The van der Waals surface area contributed by atoms with E-state index in [1.165, 1.54) is 6.07 Å². The predicted octanol–water partition coefficient (Wildman–Crippen LogP) is 2.28. The SMILES string of the molecule is NCC1CCCN1Cc1cccc([N+](=O)[O-])c1Br. The lowest BCUT2D eigenvalue weighted by Crippen LogP contribution is -2.34. The fourth-order valence-corrected chi connectivity index (χ4v) is 2.95. The van der Waals surface area contributed by atoms with Gasteiger partial charge >= 0.3 is 0 Å². The monoisotopic (exact) mass is 313 g/mol. The number of nitro groups is 1. The molecule has 1 aliphatic heterocycles. The van der Waals surface area contributed by atoms with Crippen molar-refractivity contribution in [2.24, 2.45) is 5.73 Å². The Morgan fingerprint density at radius 3 is 3.00 bits per heavy atom. The van der Waals surface area contributed by atoms with Crippen molar-refractivity contribution in [2.45, 2.75) is 25.4 Å². The average Bonchev–Trinajstić information content (AvgIpc) is 2.78. The van der Waals surface area contributed by atoms with Gasteiger partial charge in [-0.2, -0.15) is 0 Å². The van der Waals surface area contributed by atoms with E-state index in [4.69, 9.17) is 5.73 Å². The fraction of sp³-hybridized carbons (Fsp3) is 0.500. The minimum Gasteiger partial charge on any atom is -0.329 e. The second-order valence-electron chi connectivity index (χ2n) is 4.51. The Hall–Kier alpha value is -0.980. The van der Waals surface area contributed by atoms with E-state index in [1.807, 2.05) is 6.07 Å². The Bertz CT molecular complexity index is 453. The minimum absolute atomic E-state index is 0.121. The molecule has 1 aliphatic rings. The molecular weight excluding hydrogens is 298 g/mol. The minimum atomic E-state index is -0.363. The van der Waals surface area contributed by atoms with Crippen LogP contribution in [0.3, 0.4) is 0 Å². The normalized spacial score (nSPS) is 20.2. The van der Waals surface area contributed by atoms with Crippen LogP contribution in [0.1, 0.15) is 18.4 Å². The molecular formula is C12H16BrN3O2. The maximum atomic E-state index is 10.9. The Morgan fingerprint density at radius 1 is 1.56 bits per heavy atom. The summed E-state index contributed by atoms with van der Waals surface area (Å²) in [5.41, 5.74) is 6.80. The van der Waals surface area contributed by atoms with Crippen molar-refractivity contribution in [1.82, 2.24) is 4.90 Å². The van der Waals surface area contributed by atoms with E-state index < -0.39 is 0 Å². The van der Waals surface area contributed by atoms with Crippen LogP contribution in [0.25, 0.3) is 0 Å². The van der Waals surface area contributed by atoms with E-state index in [-0.39, 0.29) is 10.6 Å². The van der Waals surface area contributed by atoms with Gasteiger partial charge in [0.1, 0.15) is 0 Å². The molecule has 0 aromatic heterocycles. The molecule has 1 aromatic rings. The molecule has 18 heavy (non-hydrogen) atoms. The van der Waals surface area contributed by atoms with Crippen LogP contribution in [0.2, 0.25) is 0 Å². The number of hydrogen-bond donors (Lipinski definition) is 1. The van der Waals surface area contributed by atoms with Gasteiger partial charge in [-0.15, -0.1) is 0 Å². The lowest BCUT2D eigenvalue weighted by Gasteiger charge is -2.23. The molecule has 0 radical (unpaired) electrons. The summed E-state index contributed by atoms with van der Waals surface area (Å²) in [6, 6.07) is 5.56. The van der Waals surface area contributed by atoms with E-state index >= 15 is 0 Å². The summed E-state index contributed by atoms with van der Waals surface area (Å²) in [6.07, 6.45) is 2.26. The summed E-state index contributed by atoms with van der Waals surface area (Å²) in [5.74, 6) is 0. The highest BCUT2D eigenvalue weighted by molar-refractivity contribution is 9.10. The first-order valence-corrected chi connectivity index (χ1v) is 6.78. The second-order valence-corrected chi connectivity index (χ2v) is 5.30. The molecule has 2 N–H and O–H groups in total. The van der Waals surface area contributed by atoms with Crippen LogP contribution in [0, 0.1) is 10.1 Å². The smallest absolute Gasteiger partial charge is 0.283 e. The highest BCUT2D eigenvalue weighted by Crippen LogP contribution is 2.30. The largest absolute Gasteiger partial charge is 0.329 e. The molecule has 0 amide bonds. The van der Waals surface area contributed by atoms with Crippen molar-refractivity contribution in [2.75, 3.05) is 13.1 Å². The zero-order valence-corrected chi connectivity index (χ0v) is 11.6. The summed E-state index contributed by atoms with van der Waals surface area (Å²) in [4.78, 5) is 12.8. The number of rotatable bonds is 4. The van der Waals surface area contributed by atoms with Crippen LogP contribution in [-0.4, -0.2) is 29.0 Å². The third-order valence-corrected chi connectivity index (χ3v) is 4.32. The zero-order valence-electron chi connectivity index (χ0n) is 10.0. The van der Waals surface area contributed by atoms with Gasteiger partial charge in [0, 0.05) is 25.2 Å². The van der Waals surface area contributed by atoms with E-state index in [0.29, 0.717) is 23.6 Å². The molecule has 1 aromatic carbocycles. The topological polar surface area (TPSA) is 72.4 Å². The highest BCUT2D eigenvalue weighted by Gasteiger charge is 2.25. The van der Waals surface area contributed by atoms with Gasteiger partial charge in [-0.25, -0.2) is 0 Å². The van der Waals surface area contributed by atoms with Crippen molar-refractivity contribution in [3.63, 3.8) is 0 Å². The Balaban J connectivity index is 2.19. The average molecular weight is 314 g/mol. The zero-order chi connectivity index (χ0) is 13.1. The molecule has 0 spiro atoms. The van der Waals surface area contributed by atoms with E-state index in [1.54, 1.807) is 6.07 Å². The van der Waals surface area contributed by atoms with Gasteiger partial charge in [-0.3, -0.25) is 15.0 Å². The fourth-order valence-electron chi connectivity index (χ4n) is 2.42. The molecule has 0 aliphatic carbocycles. The van der Waals surface area contributed by atoms with Crippen molar-refractivity contribution in [1.29, 1.82) is 0 Å². The first-order chi connectivity index (χ1) is 8.63. The lowest BCUT2D eigenvalue weighted by atomic mass is 10.1. The van der Waals surface area contributed by atoms with E-state index in [9.17, 15) is 10.1 Å². The maximum Gasteiger partial charge on any atom is 0.283 e. The highest BCUT2D eigenvalue weighted by atomic mass is 79.9. The van der Waals surface area contributed by atoms with Crippen molar-refractivity contribution in [3.05, 3.63) is 38.3 Å². The van der Waals surface area contributed by atoms with Crippen LogP contribution in [0.4, 0.5) is 5.69 Å². The van der Waals surface area contributed by atoms with Crippen LogP contribution >= 0.6 is 15.9 Å². The number of halogens is 1. The summed E-state index contributed by atoms with van der Waals surface area (Å²) in [7, 11) is 0. The summed E-state index contributed by atoms with van der Waals surface area (Å²) in [6.45, 7) is 2.37. The summed E-state index contributed by atoms with van der Waals surface area (Å²) in [5, 5.41) is 10.9. The predicted molar refractivity (Wildman–Crippen MR) is 73.3 cm³/mol. The third-order valence-electron chi connectivity index (χ3n) is 3.40. The Morgan fingerprint density at radius 2 is 2.33 bits per heavy atom. The number of nitro benzene ring substituents is 1. The Kier molecular flexibility index (Phi) is 4.31. The number of nitrogens with zero attached hydrogens (tertiary/aromatic N) is 2. The van der Waals surface area contributed by atoms with E-state index in [0.717, 1.165) is 24.9 Å². The first kappa shape index (κ1) is 13.5. The molecule has 98 valence electrons. The third kappa shape index (κ3) is 2.71. The molecule has 0 saturated carbocycles. The van der Waals surface area contributed by atoms with Crippen LogP contribution < -0.4 is 5.73 Å². The van der Waals surface area contributed by atoms with Gasteiger partial charge in [0.2, 0.25) is 0 Å².